The van der Waals surface area contributed by atoms with Crippen LogP contribution in [0.25, 0.3) is 0 Å². The van der Waals surface area contributed by atoms with Crippen LogP contribution in [0.3, 0.4) is 0 Å². The van der Waals surface area contributed by atoms with E-state index in [9.17, 15) is 19.2 Å². The van der Waals surface area contributed by atoms with Crippen molar-refractivity contribution in [3.05, 3.63) is 23.3 Å². The maximum absolute atomic E-state index is 11.1. The van der Waals surface area contributed by atoms with Gasteiger partial charge in [-0.3, -0.25) is 29.8 Å². The van der Waals surface area contributed by atoms with Gasteiger partial charge in [-0.15, -0.1) is 0 Å². The number of nitrogens with one attached hydrogen (secondary N) is 2. The highest BCUT2D eigenvalue weighted by atomic mass is 16.2. The maximum atomic E-state index is 11.1. The van der Waals surface area contributed by atoms with E-state index >= 15 is 0 Å². The predicted octanol–water partition coefficient (Wildman–Crippen LogP) is -1.07. The highest BCUT2D eigenvalue weighted by Crippen LogP contribution is 2.16. The minimum absolute atomic E-state index is 0.268. The highest BCUT2D eigenvalue weighted by Gasteiger charge is 2.24. The molecule has 0 atom stereocenters. The van der Waals surface area contributed by atoms with E-state index in [1.165, 1.54) is 12.2 Å². The normalized spacial score (nSPS) is 19.5. The molecule has 6 heteroatoms. The minimum atomic E-state index is -0.444. The molecule has 2 N–H and O–H groups in total. The predicted molar refractivity (Wildman–Crippen MR) is 51.7 cm³/mol. The first-order valence-electron chi connectivity index (χ1n) is 4.68. The summed E-state index contributed by atoms with van der Waals surface area (Å²) in [6, 6.07) is 0. The Balaban J connectivity index is 1.98. The molecule has 2 heterocycles. The Kier molecular flexibility index (Phi) is 2.40. The molecule has 0 aromatic rings. The first kappa shape index (κ1) is 10.3. The van der Waals surface area contributed by atoms with Gasteiger partial charge in [-0.25, -0.2) is 0 Å². The van der Waals surface area contributed by atoms with Crippen molar-refractivity contribution in [3.63, 3.8) is 0 Å². The van der Waals surface area contributed by atoms with Crippen LogP contribution in [0.5, 0.6) is 0 Å². The molecule has 0 aromatic carbocycles. The molecule has 0 unspecified atom stereocenters. The molecular formula is C10H8N2O4. The van der Waals surface area contributed by atoms with Crippen molar-refractivity contribution < 1.29 is 19.2 Å². The molecule has 0 bridgehead atoms. The summed E-state index contributed by atoms with van der Waals surface area (Å²) in [7, 11) is 0. The van der Waals surface area contributed by atoms with E-state index in [0.29, 0.717) is 11.1 Å². The molecule has 0 fully saturated rings. The van der Waals surface area contributed by atoms with Gasteiger partial charge in [-0.2, -0.15) is 0 Å². The van der Waals surface area contributed by atoms with Crippen molar-refractivity contribution in [3.8, 4) is 0 Å². The van der Waals surface area contributed by atoms with Crippen LogP contribution in [0.2, 0.25) is 0 Å². The molecule has 2 aliphatic rings. The molecular weight excluding hydrogens is 212 g/mol. The molecule has 6 nitrogen and oxygen atoms in total. The van der Waals surface area contributed by atoms with Gasteiger partial charge in [0.2, 0.25) is 0 Å². The van der Waals surface area contributed by atoms with Crippen LogP contribution in [0.4, 0.5) is 0 Å². The van der Waals surface area contributed by atoms with E-state index in [1.807, 2.05) is 0 Å². The third kappa shape index (κ3) is 1.90. The maximum Gasteiger partial charge on any atom is 0.254 e. The number of carbonyl (C=O) groups is 4. The monoisotopic (exact) mass is 220 g/mol. The van der Waals surface area contributed by atoms with Crippen molar-refractivity contribution in [2.45, 2.75) is 12.8 Å². The molecule has 82 valence electrons. The molecule has 2 rings (SSSR count). The van der Waals surface area contributed by atoms with Gasteiger partial charge >= 0.3 is 0 Å². The third-order valence-corrected chi connectivity index (χ3v) is 2.33. The lowest BCUT2D eigenvalue weighted by molar-refractivity contribution is -0.125. The zero-order valence-electron chi connectivity index (χ0n) is 8.20. The smallest absolute Gasteiger partial charge is 0.254 e. The Morgan fingerprint density at radius 2 is 1.12 bits per heavy atom. The molecule has 0 aromatic heterocycles. The Morgan fingerprint density at radius 1 is 0.750 bits per heavy atom. The molecule has 0 radical (unpaired) electrons. The Morgan fingerprint density at radius 3 is 1.38 bits per heavy atom. The number of rotatable bonds is 3. The zero-order valence-corrected chi connectivity index (χ0v) is 8.20. The van der Waals surface area contributed by atoms with Crippen molar-refractivity contribution in [1.29, 1.82) is 0 Å². The van der Waals surface area contributed by atoms with E-state index in [4.69, 9.17) is 0 Å². The van der Waals surface area contributed by atoms with Gasteiger partial charge in [0, 0.05) is 23.3 Å². The van der Waals surface area contributed by atoms with Gasteiger partial charge in [-0.1, -0.05) is 0 Å². The average Bonchev–Trinajstić information content (AvgIpc) is 2.66. The number of carbonyl (C=O) groups excluding carboxylic acids is 4. The molecule has 0 aliphatic carbocycles. The number of amides is 4. The third-order valence-electron chi connectivity index (χ3n) is 2.33. The second kappa shape index (κ2) is 3.73. The minimum Gasteiger partial charge on any atom is -0.289 e. The molecule has 2 aliphatic heterocycles. The van der Waals surface area contributed by atoms with Crippen LogP contribution in [0.1, 0.15) is 12.8 Å². The van der Waals surface area contributed by atoms with Gasteiger partial charge in [-0.05, 0) is 12.8 Å². The topological polar surface area (TPSA) is 92.3 Å². The Labute approximate surface area is 90.4 Å². The number of imide groups is 2. The summed E-state index contributed by atoms with van der Waals surface area (Å²) in [5.41, 5.74) is 0.663. The van der Waals surface area contributed by atoms with Crippen molar-refractivity contribution in [2.24, 2.45) is 0 Å². The van der Waals surface area contributed by atoms with Gasteiger partial charge in [0.15, 0.2) is 0 Å². The highest BCUT2D eigenvalue weighted by molar-refractivity contribution is 6.17. The van der Waals surface area contributed by atoms with Gasteiger partial charge < -0.3 is 0 Å². The summed E-state index contributed by atoms with van der Waals surface area (Å²) < 4.78 is 0. The fourth-order valence-electron chi connectivity index (χ4n) is 1.54. The van der Waals surface area contributed by atoms with E-state index in [-0.39, 0.29) is 12.8 Å². The standard InChI is InChI=1S/C10H8N2O4/c13-7-3-5(9(15)11-7)1-2-6-4-8(14)12-10(6)16/h3-4H,1-2H2,(H,11,13,15)(H,12,14,16). The van der Waals surface area contributed by atoms with E-state index < -0.39 is 23.6 Å². The second-order valence-corrected chi connectivity index (χ2v) is 3.48. The fourth-order valence-corrected chi connectivity index (χ4v) is 1.54. The summed E-state index contributed by atoms with van der Waals surface area (Å²) in [6.07, 6.45) is 2.95. The van der Waals surface area contributed by atoms with Crippen LogP contribution < -0.4 is 10.6 Å². The van der Waals surface area contributed by atoms with Gasteiger partial charge in [0.25, 0.3) is 23.6 Å². The lowest BCUT2D eigenvalue weighted by Gasteiger charge is -1.99. The van der Waals surface area contributed by atoms with Crippen molar-refractivity contribution >= 4 is 23.6 Å². The average molecular weight is 220 g/mol. The lowest BCUT2D eigenvalue weighted by atomic mass is 10.1. The summed E-state index contributed by atoms with van der Waals surface area (Å²) in [4.78, 5) is 43.9. The van der Waals surface area contributed by atoms with Gasteiger partial charge in [0.1, 0.15) is 0 Å². The van der Waals surface area contributed by atoms with Crippen LogP contribution in [-0.2, 0) is 19.2 Å². The van der Waals surface area contributed by atoms with Crippen molar-refractivity contribution in [2.75, 3.05) is 0 Å². The van der Waals surface area contributed by atoms with Gasteiger partial charge in [0.05, 0.1) is 0 Å². The molecule has 4 amide bonds. The van der Waals surface area contributed by atoms with Crippen molar-refractivity contribution in [1.82, 2.24) is 10.6 Å². The molecule has 0 saturated heterocycles. The fraction of sp³-hybridized carbons (Fsp3) is 0.200. The number of hydrogen-bond donors (Lipinski definition) is 2. The lowest BCUT2D eigenvalue weighted by Crippen LogP contribution is -2.23. The summed E-state index contributed by atoms with van der Waals surface area (Å²) in [5, 5.41) is 4.21. The Bertz CT molecular complexity index is 429. The zero-order chi connectivity index (χ0) is 11.7. The molecule has 0 spiro atoms. The van der Waals surface area contributed by atoms with Crippen LogP contribution >= 0.6 is 0 Å². The summed E-state index contributed by atoms with van der Waals surface area (Å²) in [5.74, 6) is -1.76. The molecule has 0 saturated carbocycles. The second-order valence-electron chi connectivity index (χ2n) is 3.48. The number of hydrogen-bond acceptors (Lipinski definition) is 4. The largest absolute Gasteiger partial charge is 0.289 e. The van der Waals surface area contributed by atoms with Crippen LogP contribution in [0.15, 0.2) is 23.3 Å². The first-order chi connectivity index (χ1) is 7.56. The summed E-state index contributed by atoms with van der Waals surface area (Å²) >= 11 is 0. The first-order valence-corrected chi connectivity index (χ1v) is 4.68. The SMILES string of the molecule is O=C1C=C(CCC2=CC(=O)NC2=O)C(=O)N1. The Hall–Kier alpha value is -2.24. The van der Waals surface area contributed by atoms with Crippen LogP contribution in [-0.4, -0.2) is 23.6 Å². The van der Waals surface area contributed by atoms with E-state index in [2.05, 4.69) is 10.6 Å². The van der Waals surface area contributed by atoms with E-state index in [0.717, 1.165) is 0 Å². The quantitative estimate of drug-likeness (QED) is 0.592. The van der Waals surface area contributed by atoms with Crippen LogP contribution in [0, 0.1) is 0 Å². The van der Waals surface area contributed by atoms with E-state index in [1.54, 1.807) is 0 Å². The molecule has 16 heavy (non-hydrogen) atoms. The summed E-state index contributed by atoms with van der Waals surface area (Å²) in [6.45, 7) is 0.